The van der Waals surface area contributed by atoms with Crippen molar-refractivity contribution in [1.29, 1.82) is 0 Å². The molecule has 0 aliphatic carbocycles. The fourth-order valence-corrected chi connectivity index (χ4v) is 1.91. The first-order valence-corrected chi connectivity index (χ1v) is 5.70. The summed E-state index contributed by atoms with van der Waals surface area (Å²) in [6, 6.07) is 9.70. The molecule has 88 valence electrons. The summed E-state index contributed by atoms with van der Waals surface area (Å²) in [6.07, 6.45) is 3.38. The summed E-state index contributed by atoms with van der Waals surface area (Å²) in [5.41, 5.74) is 8.58. The monoisotopic (exact) mass is 247 g/mol. The molecule has 0 aliphatic heterocycles. The molecule has 0 radical (unpaired) electrons. The maximum atomic E-state index is 6.13. The molecule has 2 rings (SSSR count). The van der Waals surface area contributed by atoms with E-state index >= 15 is 0 Å². The van der Waals surface area contributed by atoms with Gasteiger partial charge in [0, 0.05) is 24.8 Å². The van der Waals surface area contributed by atoms with E-state index in [-0.39, 0.29) is 0 Å². The van der Waals surface area contributed by atoms with Gasteiger partial charge in [0.05, 0.1) is 17.6 Å². The summed E-state index contributed by atoms with van der Waals surface area (Å²) >= 11 is 6.13. The molecule has 1 heterocycles. The smallest absolute Gasteiger partial charge is 0.0738 e. The van der Waals surface area contributed by atoms with E-state index in [0.717, 1.165) is 16.3 Å². The van der Waals surface area contributed by atoms with Gasteiger partial charge in [-0.15, -0.1) is 0 Å². The molecule has 0 spiro atoms. The third-order valence-corrected chi connectivity index (χ3v) is 2.97. The lowest BCUT2D eigenvalue weighted by Crippen LogP contribution is -2.18. The molecule has 0 bridgehead atoms. The highest BCUT2D eigenvalue weighted by atomic mass is 35.5. The topological polar surface area (TPSA) is 42.2 Å². The summed E-state index contributed by atoms with van der Waals surface area (Å²) in [4.78, 5) is 6.03. The van der Waals surface area contributed by atoms with Gasteiger partial charge < -0.3 is 10.6 Å². The SMILES string of the molecule is CN(Cc1ccccc1Cl)c1ccncc1N. The molecule has 0 saturated heterocycles. The second-order valence-electron chi connectivity index (χ2n) is 3.88. The van der Waals surface area contributed by atoms with E-state index in [4.69, 9.17) is 17.3 Å². The van der Waals surface area contributed by atoms with Crippen LogP contribution in [0.5, 0.6) is 0 Å². The largest absolute Gasteiger partial charge is 0.396 e. The van der Waals surface area contributed by atoms with Crippen molar-refractivity contribution in [1.82, 2.24) is 4.98 Å². The number of hydrogen-bond donors (Lipinski definition) is 1. The number of nitrogens with zero attached hydrogens (tertiary/aromatic N) is 2. The summed E-state index contributed by atoms with van der Waals surface area (Å²) in [6.45, 7) is 0.716. The van der Waals surface area contributed by atoms with Crippen LogP contribution < -0.4 is 10.6 Å². The highest BCUT2D eigenvalue weighted by Crippen LogP contribution is 2.24. The predicted octanol–water partition coefficient (Wildman–Crippen LogP) is 2.95. The van der Waals surface area contributed by atoms with Crippen molar-refractivity contribution in [2.75, 3.05) is 17.7 Å². The minimum atomic E-state index is 0.669. The van der Waals surface area contributed by atoms with Gasteiger partial charge in [-0.3, -0.25) is 4.98 Å². The van der Waals surface area contributed by atoms with E-state index in [2.05, 4.69) is 9.88 Å². The number of hydrogen-bond acceptors (Lipinski definition) is 3. The van der Waals surface area contributed by atoms with E-state index in [9.17, 15) is 0 Å². The molecule has 17 heavy (non-hydrogen) atoms. The zero-order valence-electron chi connectivity index (χ0n) is 9.60. The minimum absolute atomic E-state index is 0.669. The van der Waals surface area contributed by atoms with Gasteiger partial charge in [0.25, 0.3) is 0 Å². The number of benzene rings is 1. The van der Waals surface area contributed by atoms with Crippen LogP contribution in [-0.2, 0) is 6.54 Å². The lowest BCUT2D eigenvalue weighted by Gasteiger charge is -2.21. The summed E-state index contributed by atoms with van der Waals surface area (Å²) in [7, 11) is 1.98. The van der Waals surface area contributed by atoms with Crippen LogP contribution in [0, 0.1) is 0 Å². The van der Waals surface area contributed by atoms with Crippen LogP contribution in [-0.4, -0.2) is 12.0 Å². The van der Waals surface area contributed by atoms with Crippen LogP contribution in [0.1, 0.15) is 5.56 Å². The third kappa shape index (κ3) is 2.68. The van der Waals surface area contributed by atoms with Crippen LogP contribution in [0.2, 0.25) is 5.02 Å². The van der Waals surface area contributed by atoms with E-state index in [1.54, 1.807) is 12.4 Å². The number of pyridine rings is 1. The Morgan fingerprint density at radius 2 is 2.06 bits per heavy atom. The Hall–Kier alpha value is -1.74. The van der Waals surface area contributed by atoms with Crippen LogP contribution >= 0.6 is 11.6 Å². The highest BCUT2D eigenvalue weighted by Gasteiger charge is 2.07. The van der Waals surface area contributed by atoms with Crippen LogP contribution in [0.15, 0.2) is 42.7 Å². The zero-order valence-corrected chi connectivity index (χ0v) is 10.4. The Kier molecular flexibility index (Phi) is 3.49. The fourth-order valence-electron chi connectivity index (χ4n) is 1.71. The van der Waals surface area contributed by atoms with E-state index in [1.807, 2.05) is 37.4 Å². The van der Waals surface area contributed by atoms with Crippen molar-refractivity contribution >= 4 is 23.0 Å². The predicted molar refractivity (Wildman–Crippen MR) is 72.2 cm³/mol. The number of anilines is 2. The second kappa shape index (κ2) is 5.06. The molecule has 0 aliphatic rings. The van der Waals surface area contributed by atoms with Gasteiger partial charge in [0.2, 0.25) is 0 Å². The Bertz CT molecular complexity index is 514. The molecular weight excluding hydrogens is 234 g/mol. The van der Waals surface area contributed by atoms with Gasteiger partial charge >= 0.3 is 0 Å². The molecule has 3 nitrogen and oxygen atoms in total. The number of nitrogen functional groups attached to an aromatic ring is 1. The van der Waals surface area contributed by atoms with Crippen molar-refractivity contribution in [2.45, 2.75) is 6.54 Å². The average Bonchev–Trinajstić information content (AvgIpc) is 2.32. The molecule has 0 saturated carbocycles. The minimum Gasteiger partial charge on any atom is -0.396 e. The van der Waals surface area contributed by atoms with E-state index in [1.165, 1.54) is 0 Å². The summed E-state index contributed by atoms with van der Waals surface area (Å²) in [5.74, 6) is 0. The maximum Gasteiger partial charge on any atom is 0.0738 e. The Balaban J connectivity index is 2.20. The Morgan fingerprint density at radius 3 is 2.76 bits per heavy atom. The first-order valence-electron chi connectivity index (χ1n) is 5.32. The van der Waals surface area contributed by atoms with Gasteiger partial charge in [-0.05, 0) is 17.7 Å². The quantitative estimate of drug-likeness (QED) is 0.907. The van der Waals surface area contributed by atoms with Gasteiger partial charge in [-0.2, -0.15) is 0 Å². The summed E-state index contributed by atoms with van der Waals surface area (Å²) < 4.78 is 0. The molecule has 1 aromatic carbocycles. The van der Waals surface area contributed by atoms with Crippen molar-refractivity contribution in [3.63, 3.8) is 0 Å². The van der Waals surface area contributed by atoms with Crippen molar-refractivity contribution in [3.05, 3.63) is 53.3 Å². The van der Waals surface area contributed by atoms with Crippen molar-refractivity contribution in [2.24, 2.45) is 0 Å². The number of nitrogens with two attached hydrogens (primary N) is 1. The van der Waals surface area contributed by atoms with E-state index in [0.29, 0.717) is 12.2 Å². The lowest BCUT2D eigenvalue weighted by atomic mass is 10.2. The Labute approximate surface area is 106 Å². The van der Waals surface area contributed by atoms with Crippen LogP contribution in [0.4, 0.5) is 11.4 Å². The number of halogens is 1. The zero-order chi connectivity index (χ0) is 12.3. The molecule has 2 N–H and O–H groups in total. The average molecular weight is 248 g/mol. The number of aromatic nitrogens is 1. The van der Waals surface area contributed by atoms with Crippen LogP contribution in [0.3, 0.4) is 0 Å². The normalized spacial score (nSPS) is 10.2. The molecule has 0 fully saturated rings. The molecule has 0 atom stereocenters. The van der Waals surface area contributed by atoms with E-state index < -0.39 is 0 Å². The molecule has 1 aromatic heterocycles. The standard InChI is InChI=1S/C13H14ClN3/c1-17(13-6-7-16-8-12(13)15)9-10-4-2-3-5-11(10)14/h2-8H,9,15H2,1H3. The third-order valence-electron chi connectivity index (χ3n) is 2.60. The highest BCUT2D eigenvalue weighted by molar-refractivity contribution is 6.31. The van der Waals surface area contributed by atoms with Gasteiger partial charge in [0.1, 0.15) is 0 Å². The fraction of sp³-hybridized carbons (Fsp3) is 0.154. The molecule has 4 heteroatoms. The van der Waals surface area contributed by atoms with Crippen molar-refractivity contribution < 1.29 is 0 Å². The first-order chi connectivity index (χ1) is 8.18. The Morgan fingerprint density at radius 1 is 1.29 bits per heavy atom. The molecule has 0 amide bonds. The van der Waals surface area contributed by atoms with Crippen LogP contribution in [0.25, 0.3) is 0 Å². The maximum absolute atomic E-state index is 6.13. The molecular formula is C13H14ClN3. The molecule has 2 aromatic rings. The van der Waals surface area contributed by atoms with Gasteiger partial charge in [-0.25, -0.2) is 0 Å². The molecule has 0 unspecified atom stereocenters. The lowest BCUT2D eigenvalue weighted by molar-refractivity contribution is 0.923. The van der Waals surface area contributed by atoms with Gasteiger partial charge in [-0.1, -0.05) is 29.8 Å². The van der Waals surface area contributed by atoms with Crippen molar-refractivity contribution in [3.8, 4) is 0 Å². The van der Waals surface area contributed by atoms with Gasteiger partial charge in [0.15, 0.2) is 0 Å². The first kappa shape index (κ1) is 11.7. The summed E-state index contributed by atoms with van der Waals surface area (Å²) in [5, 5.41) is 0.770. The number of rotatable bonds is 3. The second-order valence-corrected chi connectivity index (χ2v) is 4.29.